The van der Waals surface area contributed by atoms with Crippen molar-refractivity contribution in [2.24, 2.45) is 12.0 Å². The van der Waals surface area contributed by atoms with Gasteiger partial charge in [0.2, 0.25) is 0 Å². The second-order valence-corrected chi connectivity index (χ2v) is 6.06. The van der Waals surface area contributed by atoms with E-state index in [1.807, 2.05) is 44.6 Å². The first-order valence-corrected chi connectivity index (χ1v) is 8.27. The van der Waals surface area contributed by atoms with Gasteiger partial charge in [0.05, 0.1) is 13.7 Å². The molecule has 0 saturated carbocycles. The van der Waals surface area contributed by atoms with Crippen LogP contribution in [0.15, 0.2) is 41.5 Å². The highest BCUT2D eigenvalue weighted by Gasteiger charge is 2.09. The molecule has 1 aromatic heterocycles. The predicted octanol–water partition coefficient (Wildman–Crippen LogP) is 3.56. The number of halogens is 2. The lowest BCUT2D eigenvalue weighted by atomic mass is 10.1. The zero-order valence-electron chi connectivity index (χ0n) is 15.1. The van der Waals surface area contributed by atoms with Gasteiger partial charge in [0, 0.05) is 44.6 Å². The van der Waals surface area contributed by atoms with Crippen molar-refractivity contribution < 1.29 is 4.74 Å². The summed E-state index contributed by atoms with van der Waals surface area (Å²) in [5.41, 5.74) is 2.32. The van der Waals surface area contributed by atoms with E-state index in [2.05, 4.69) is 25.8 Å². The minimum atomic E-state index is 0. The van der Waals surface area contributed by atoms with E-state index in [4.69, 9.17) is 16.3 Å². The molecule has 0 aliphatic rings. The number of methoxy groups -OCH3 is 1. The number of aromatic nitrogens is 1. The Hall–Kier alpha value is -1.41. The van der Waals surface area contributed by atoms with Gasteiger partial charge in [-0.05, 0) is 36.2 Å². The van der Waals surface area contributed by atoms with Crippen LogP contribution in [0.5, 0.6) is 5.75 Å². The lowest BCUT2D eigenvalue weighted by Crippen LogP contribution is -2.39. The van der Waals surface area contributed by atoms with Gasteiger partial charge in [0.1, 0.15) is 5.75 Å². The Morgan fingerprint density at radius 2 is 2.12 bits per heavy atom. The van der Waals surface area contributed by atoms with E-state index < -0.39 is 0 Å². The second-order valence-electron chi connectivity index (χ2n) is 5.65. The van der Waals surface area contributed by atoms with Gasteiger partial charge >= 0.3 is 0 Å². The van der Waals surface area contributed by atoms with Crippen LogP contribution in [0, 0.1) is 0 Å². The van der Waals surface area contributed by atoms with E-state index in [-0.39, 0.29) is 24.0 Å². The normalized spacial score (nSPS) is 11.0. The van der Waals surface area contributed by atoms with E-state index in [9.17, 15) is 0 Å². The molecule has 0 fully saturated rings. The molecule has 5 nitrogen and oxygen atoms in total. The van der Waals surface area contributed by atoms with Crippen molar-refractivity contribution in [2.45, 2.75) is 13.0 Å². The topological polar surface area (TPSA) is 41.8 Å². The van der Waals surface area contributed by atoms with Crippen LogP contribution >= 0.6 is 35.6 Å². The molecule has 0 aliphatic heterocycles. The Morgan fingerprint density at radius 3 is 2.68 bits per heavy atom. The molecular formula is C18H26ClIN4O. The maximum atomic E-state index is 6.28. The Labute approximate surface area is 172 Å². The minimum absolute atomic E-state index is 0. The summed E-state index contributed by atoms with van der Waals surface area (Å²) in [6.07, 6.45) is 2.87. The van der Waals surface area contributed by atoms with E-state index >= 15 is 0 Å². The Morgan fingerprint density at radius 1 is 1.36 bits per heavy atom. The molecule has 0 radical (unpaired) electrons. The third-order valence-corrected chi connectivity index (χ3v) is 4.31. The number of ether oxygens (including phenoxy) is 1. The summed E-state index contributed by atoms with van der Waals surface area (Å²) in [6.45, 7) is 1.56. The zero-order valence-corrected chi connectivity index (χ0v) is 18.2. The second kappa shape index (κ2) is 10.6. The molecule has 0 spiro atoms. The van der Waals surface area contributed by atoms with Crippen molar-refractivity contribution in [1.29, 1.82) is 0 Å². The van der Waals surface area contributed by atoms with E-state index in [0.29, 0.717) is 0 Å². The first-order chi connectivity index (χ1) is 11.5. The number of hydrogen-bond donors (Lipinski definition) is 1. The summed E-state index contributed by atoms with van der Waals surface area (Å²) in [5, 5.41) is 4.11. The maximum Gasteiger partial charge on any atom is 0.193 e. The van der Waals surface area contributed by atoms with Crippen molar-refractivity contribution in [3.63, 3.8) is 0 Å². The molecule has 0 amide bonds. The SMILES string of the molecule is CN=C(NCCc1ccc(OC)cc1Cl)N(C)Cc1cccn1C.I. The van der Waals surface area contributed by atoms with Crippen molar-refractivity contribution >= 4 is 41.5 Å². The number of hydrogen-bond acceptors (Lipinski definition) is 2. The lowest BCUT2D eigenvalue weighted by Gasteiger charge is -2.22. The highest BCUT2D eigenvalue weighted by atomic mass is 127. The van der Waals surface area contributed by atoms with Crippen LogP contribution in [0.4, 0.5) is 0 Å². The number of aliphatic imine (C=N–C) groups is 1. The average molecular weight is 477 g/mol. The smallest absolute Gasteiger partial charge is 0.193 e. The number of benzene rings is 1. The molecule has 0 aliphatic carbocycles. The standard InChI is InChI=1S/C18H25ClN4O.HI/c1-20-18(23(3)13-15-6-5-11-22(15)2)21-10-9-14-7-8-16(24-4)12-17(14)19;/h5-8,11-12H,9-10,13H2,1-4H3,(H,20,21);1H. The summed E-state index contributed by atoms with van der Waals surface area (Å²) in [7, 11) is 7.51. The molecule has 1 N–H and O–H groups in total. The predicted molar refractivity (Wildman–Crippen MR) is 115 cm³/mol. The van der Waals surface area contributed by atoms with Gasteiger partial charge in [0.25, 0.3) is 0 Å². The number of guanidine groups is 1. The van der Waals surface area contributed by atoms with E-state index in [1.54, 1.807) is 14.2 Å². The lowest BCUT2D eigenvalue weighted by molar-refractivity contribution is 0.414. The van der Waals surface area contributed by atoms with Gasteiger partial charge in [-0.25, -0.2) is 0 Å². The molecule has 7 heteroatoms. The van der Waals surface area contributed by atoms with Crippen molar-refractivity contribution in [2.75, 3.05) is 27.7 Å². The fraction of sp³-hybridized carbons (Fsp3) is 0.389. The molecule has 0 saturated heterocycles. The number of aryl methyl sites for hydroxylation is 1. The molecule has 25 heavy (non-hydrogen) atoms. The quantitative estimate of drug-likeness (QED) is 0.394. The van der Waals surface area contributed by atoms with Gasteiger partial charge in [0.15, 0.2) is 5.96 Å². The van der Waals surface area contributed by atoms with Gasteiger partial charge < -0.3 is 19.5 Å². The molecule has 0 unspecified atom stereocenters. The van der Waals surface area contributed by atoms with Crippen molar-refractivity contribution in [3.05, 3.63) is 52.8 Å². The highest BCUT2D eigenvalue weighted by Crippen LogP contribution is 2.22. The third kappa shape index (κ3) is 6.11. The third-order valence-electron chi connectivity index (χ3n) is 3.96. The Kier molecular flexibility index (Phi) is 9.13. The monoisotopic (exact) mass is 476 g/mol. The molecule has 1 aromatic carbocycles. The summed E-state index contributed by atoms with van der Waals surface area (Å²) in [4.78, 5) is 6.45. The molecule has 1 heterocycles. The van der Waals surface area contributed by atoms with Crippen LogP contribution in [-0.2, 0) is 20.0 Å². The molecule has 2 rings (SSSR count). The number of nitrogens with zero attached hydrogens (tertiary/aromatic N) is 3. The maximum absolute atomic E-state index is 6.28. The Bertz CT molecular complexity index is 702. The molecule has 2 aromatic rings. The summed E-state index contributed by atoms with van der Waals surface area (Å²) >= 11 is 6.28. The number of nitrogens with one attached hydrogen (secondary N) is 1. The number of rotatable bonds is 6. The average Bonchev–Trinajstić information content (AvgIpc) is 2.97. The van der Waals surface area contributed by atoms with Crippen LogP contribution in [0.3, 0.4) is 0 Å². The van der Waals surface area contributed by atoms with Gasteiger partial charge in [-0.1, -0.05) is 17.7 Å². The highest BCUT2D eigenvalue weighted by molar-refractivity contribution is 14.0. The zero-order chi connectivity index (χ0) is 17.5. The van der Waals surface area contributed by atoms with E-state index in [1.165, 1.54) is 5.69 Å². The largest absolute Gasteiger partial charge is 0.497 e. The van der Waals surface area contributed by atoms with Crippen LogP contribution in [0.1, 0.15) is 11.3 Å². The molecule has 0 bridgehead atoms. The van der Waals surface area contributed by atoms with E-state index in [0.717, 1.165) is 41.8 Å². The van der Waals surface area contributed by atoms with Crippen LogP contribution < -0.4 is 10.1 Å². The van der Waals surface area contributed by atoms with Crippen LogP contribution in [0.2, 0.25) is 5.02 Å². The minimum Gasteiger partial charge on any atom is -0.497 e. The fourth-order valence-electron chi connectivity index (χ4n) is 2.53. The molecule has 138 valence electrons. The fourth-order valence-corrected chi connectivity index (χ4v) is 2.80. The van der Waals surface area contributed by atoms with Gasteiger partial charge in [-0.2, -0.15) is 0 Å². The van der Waals surface area contributed by atoms with Crippen LogP contribution in [-0.4, -0.2) is 43.2 Å². The van der Waals surface area contributed by atoms with Gasteiger partial charge in [-0.15, -0.1) is 24.0 Å². The first kappa shape index (κ1) is 21.6. The van der Waals surface area contributed by atoms with Gasteiger partial charge in [-0.3, -0.25) is 4.99 Å². The van der Waals surface area contributed by atoms with Crippen molar-refractivity contribution in [3.8, 4) is 5.75 Å². The summed E-state index contributed by atoms with van der Waals surface area (Å²) < 4.78 is 7.29. The summed E-state index contributed by atoms with van der Waals surface area (Å²) in [5.74, 6) is 1.63. The molecular weight excluding hydrogens is 451 g/mol. The Balaban J connectivity index is 0.00000312. The van der Waals surface area contributed by atoms with Crippen LogP contribution in [0.25, 0.3) is 0 Å². The summed E-state index contributed by atoms with van der Waals surface area (Å²) in [6, 6.07) is 9.93. The molecule has 0 atom stereocenters. The van der Waals surface area contributed by atoms with Crippen molar-refractivity contribution in [1.82, 2.24) is 14.8 Å². The first-order valence-electron chi connectivity index (χ1n) is 7.89.